The van der Waals surface area contributed by atoms with Gasteiger partial charge in [-0.2, -0.15) is 0 Å². The van der Waals surface area contributed by atoms with Crippen molar-refractivity contribution in [2.24, 2.45) is 0 Å². The quantitative estimate of drug-likeness (QED) is 0.834. The second kappa shape index (κ2) is 5.93. The van der Waals surface area contributed by atoms with Crippen LogP contribution in [0.1, 0.15) is 37.7 Å². The van der Waals surface area contributed by atoms with Crippen LogP contribution < -0.4 is 10.2 Å². The highest BCUT2D eigenvalue weighted by Crippen LogP contribution is 2.37. The number of nitrogens with zero attached hydrogens (tertiary/aromatic N) is 3. The molecule has 1 heterocycles. The van der Waals surface area contributed by atoms with Crippen LogP contribution in [-0.4, -0.2) is 49.2 Å². The lowest BCUT2D eigenvalue weighted by Gasteiger charge is -2.49. The summed E-state index contributed by atoms with van der Waals surface area (Å²) in [5.74, 6) is 1.14. The minimum atomic E-state index is 0.341. The zero-order chi connectivity index (χ0) is 14.9. The van der Waals surface area contributed by atoms with E-state index in [0.29, 0.717) is 5.54 Å². The molecule has 116 valence electrons. The first-order chi connectivity index (χ1) is 10.1. The van der Waals surface area contributed by atoms with Crippen molar-refractivity contribution in [3.8, 4) is 0 Å². The molecule has 0 spiro atoms. The van der Waals surface area contributed by atoms with Crippen molar-refractivity contribution in [3.63, 3.8) is 0 Å². The van der Waals surface area contributed by atoms with E-state index >= 15 is 0 Å². The van der Waals surface area contributed by atoms with Crippen LogP contribution in [-0.2, 0) is 6.54 Å². The number of pyridine rings is 1. The van der Waals surface area contributed by atoms with Gasteiger partial charge in [0, 0.05) is 43.5 Å². The highest BCUT2D eigenvalue weighted by Gasteiger charge is 2.40. The average molecular weight is 288 g/mol. The minimum absolute atomic E-state index is 0.341. The van der Waals surface area contributed by atoms with Crippen LogP contribution in [0.4, 0.5) is 5.82 Å². The molecule has 0 atom stereocenters. The largest absolute Gasteiger partial charge is 0.358 e. The number of aromatic nitrogens is 1. The van der Waals surface area contributed by atoms with Crippen LogP contribution in [0.25, 0.3) is 0 Å². The fourth-order valence-corrected chi connectivity index (χ4v) is 3.30. The highest BCUT2D eigenvalue weighted by atomic mass is 15.2. The van der Waals surface area contributed by atoms with Crippen molar-refractivity contribution in [2.45, 2.75) is 50.2 Å². The Hall–Kier alpha value is -1.13. The van der Waals surface area contributed by atoms with Crippen molar-refractivity contribution in [1.82, 2.24) is 15.2 Å². The Labute approximate surface area is 128 Å². The van der Waals surface area contributed by atoms with Gasteiger partial charge >= 0.3 is 0 Å². The first kappa shape index (κ1) is 14.8. The predicted octanol–water partition coefficient (Wildman–Crippen LogP) is 2.25. The summed E-state index contributed by atoms with van der Waals surface area (Å²) in [5, 5.41) is 3.60. The third-order valence-corrected chi connectivity index (χ3v) is 5.15. The number of rotatable bonds is 7. The molecule has 1 aromatic rings. The smallest absolute Gasteiger partial charge is 0.132 e. The van der Waals surface area contributed by atoms with Crippen molar-refractivity contribution in [1.29, 1.82) is 0 Å². The van der Waals surface area contributed by atoms with Crippen LogP contribution in [0, 0.1) is 0 Å². The monoisotopic (exact) mass is 288 g/mol. The Kier molecular flexibility index (Phi) is 4.18. The summed E-state index contributed by atoms with van der Waals surface area (Å²) >= 11 is 0. The lowest BCUT2D eigenvalue weighted by molar-refractivity contribution is 0.0681. The SMILES string of the molecule is CN(CC1(N(C)C)CCC1)c1ncccc1CNC1CC1. The van der Waals surface area contributed by atoms with E-state index in [1.54, 1.807) is 0 Å². The maximum absolute atomic E-state index is 4.65. The molecule has 4 heteroatoms. The number of hydrogen-bond acceptors (Lipinski definition) is 4. The number of likely N-dealkylation sites (N-methyl/N-ethyl adjacent to an activating group) is 2. The molecule has 2 aliphatic rings. The van der Waals surface area contributed by atoms with Crippen LogP contribution >= 0.6 is 0 Å². The van der Waals surface area contributed by atoms with Crippen LogP contribution in [0.15, 0.2) is 18.3 Å². The Morgan fingerprint density at radius 1 is 1.29 bits per heavy atom. The first-order valence-corrected chi connectivity index (χ1v) is 8.17. The minimum Gasteiger partial charge on any atom is -0.358 e. The van der Waals surface area contributed by atoms with E-state index in [9.17, 15) is 0 Å². The van der Waals surface area contributed by atoms with Gasteiger partial charge in [-0.3, -0.25) is 0 Å². The van der Waals surface area contributed by atoms with E-state index in [-0.39, 0.29) is 0 Å². The van der Waals surface area contributed by atoms with Gasteiger partial charge in [0.25, 0.3) is 0 Å². The van der Waals surface area contributed by atoms with E-state index in [4.69, 9.17) is 0 Å². The zero-order valence-electron chi connectivity index (χ0n) is 13.6. The first-order valence-electron chi connectivity index (χ1n) is 8.17. The van der Waals surface area contributed by atoms with Gasteiger partial charge in [-0.1, -0.05) is 6.07 Å². The fourth-order valence-electron chi connectivity index (χ4n) is 3.30. The molecular formula is C17H28N4. The molecule has 21 heavy (non-hydrogen) atoms. The molecule has 0 bridgehead atoms. The molecule has 2 fully saturated rings. The molecule has 1 N–H and O–H groups in total. The van der Waals surface area contributed by atoms with E-state index in [0.717, 1.165) is 24.9 Å². The molecule has 4 nitrogen and oxygen atoms in total. The third kappa shape index (κ3) is 3.22. The van der Waals surface area contributed by atoms with E-state index in [2.05, 4.69) is 47.3 Å². The standard InChI is InChI=1S/C17H28N4/c1-20(2)17(9-5-10-17)13-21(3)16-14(6-4-11-18-16)12-19-15-7-8-15/h4,6,11,15,19H,5,7-10,12-13H2,1-3H3. The maximum atomic E-state index is 4.65. The average Bonchev–Trinajstić information content (AvgIpc) is 3.24. The molecule has 0 unspecified atom stereocenters. The Morgan fingerprint density at radius 2 is 2.05 bits per heavy atom. The normalized spacial score (nSPS) is 20.4. The van der Waals surface area contributed by atoms with E-state index in [1.165, 1.54) is 37.7 Å². The molecule has 0 aliphatic heterocycles. The lowest BCUT2D eigenvalue weighted by atomic mass is 9.75. The Morgan fingerprint density at radius 3 is 2.62 bits per heavy atom. The van der Waals surface area contributed by atoms with Gasteiger partial charge in [0.1, 0.15) is 5.82 Å². The summed E-state index contributed by atoms with van der Waals surface area (Å²) in [6.07, 6.45) is 8.52. The third-order valence-electron chi connectivity index (χ3n) is 5.15. The van der Waals surface area contributed by atoms with Crippen molar-refractivity contribution >= 4 is 5.82 Å². The molecule has 2 saturated carbocycles. The molecule has 1 aromatic heterocycles. The Bertz CT molecular complexity index is 477. The second-order valence-corrected chi connectivity index (χ2v) is 6.97. The summed E-state index contributed by atoms with van der Waals surface area (Å²) in [6, 6.07) is 4.99. The predicted molar refractivity (Wildman–Crippen MR) is 87.6 cm³/mol. The van der Waals surface area contributed by atoms with Crippen molar-refractivity contribution in [2.75, 3.05) is 32.6 Å². The lowest BCUT2D eigenvalue weighted by Crippen LogP contribution is -2.57. The van der Waals surface area contributed by atoms with Gasteiger partial charge in [0.05, 0.1) is 0 Å². The molecule has 0 amide bonds. The van der Waals surface area contributed by atoms with Gasteiger partial charge in [-0.05, 0) is 52.3 Å². The molecule has 0 radical (unpaired) electrons. The summed E-state index contributed by atoms with van der Waals surface area (Å²) in [4.78, 5) is 9.40. The van der Waals surface area contributed by atoms with Crippen LogP contribution in [0.3, 0.4) is 0 Å². The van der Waals surface area contributed by atoms with Gasteiger partial charge in [0.15, 0.2) is 0 Å². The van der Waals surface area contributed by atoms with Gasteiger partial charge in [-0.15, -0.1) is 0 Å². The number of nitrogens with one attached hydrogen (secondary N) is 1. The zero-order valence-corrected chi connectivity index (χ0v) is 13.6. The van der Waals surface area contributed by atoms with Crippen LogP contribution in [0.2, 0.25) is 0 Å². The van der Waals surface area contributed by atoms with Crippen molar-refractivity contribution in [3.05, 3.63) is 23.9 Å². The van der Waals surface area contributed by atoms with Crippen LogP contribution in [0.5, 0.6) is 0 Å². The fraction of sp³-hybridized carbons (Fsp3) is 0.706. The molecule has 3 rings (SSSR count). The van der Waals surface area contributed by atoms with Gasteiger partial charge in [0.2, 0.25) is 0 Å². The van der Waals surface area contributed by atoms with Gasteiger partial charge in [-0.25, -0.2) is 4.98 Å². The number of anilines is 1. The molecule has 0 saturated heterocycles. The Balaban J connectivity index is 1.69. The summed E-state index contributed by atoms with van der Waals surface area (Å²) in [5.41, 5.74) is 1.66. The topological polar surface area (TPSA) is 31.4 Å². The van der Waals surface area contributed by atoms with E-state index < -0.39 is 0 Å². The molecule has 2 aliphatic carbocycles. The molecular weight excluding hydrogens is 260 g/mol. The maximum Gasteiger partial charge on any atom is 0.132 e. The van der Waals surface area contributed by atoms with Crippen molar-refractivity contribution < 1.29 is 0 Å². The number of hydrogen-bond donors (Lipinski definition) is 1. The molecule has 0 aromatic carbocycles. The van der Waals surface area contributed by atoms with Gasteiger partial charge < -0.3 is 15.1 Å². The summed E-state index contributed by atoms with van der Waals surface area (Å²) in [6.45, 7) is 2.00. The van der Waals surface area contributed by atoms with E-state index in [1.807, 2.05) is 12.3 Å². The highest BCUT2D eigenvalue weighted by molar-refractivity contribution is 5.46. The summed E-state index contributed by atoms with van der Waals surface area (Å²) in [7, 11) is 6.61. The summed E-state index contributed by atoms with van der Waals surface area (Å²) < 4.78 is 0. The second-order valence-electron chi connectivity index (χ2n) is 6.97.